The smallest absolute Gasteiger partial charge is 0.252 e. The Bertz CT molecular complexity index is 1020. The highest BCUT2D eigenvalue weighted by molar-refractivity contribution is 5.98. The number of nitrogens with zero attached hydrogens (tertiary/aromatic N) is 2. The number of hydrogen-bond acceptors (Lipinski definition) is 6. The lowest BCUT2D eigenvalue weighted by molar-refractivity contribution is 0.100. The summed E-state index contributed by atoms with van der Waals surface area (Å²) in [5, 5.41) is 11.2. The highest BCUT2D eigenvalue weighted by atomic mass is 16.1. The van der Waals surface area contributed by atoms with Gasteiger partial charge in [0.1, 0.15) is 11.6 Å². The summed E-state index contributed by atoms with van der Waals surface area (Å²) in [5.74, 6) is 0.662. The summed E-state index contributed by atoms with van der Waals surface area (Å²) in [6, 6.07) is 14.0. The molecule has 0 spiro atoms. The molecule has 5 N–H and O–H groups in total. The molecular formula is C22H26N6O. The third kappa shape index (κ3) is 4.30. The van der Waals surface area contributed by atoms with Gasteiger partial charge in [-0.15, -0.1) is 0 Å². The average Bonchev–Trinajstić information content (AvgIpc) is 2.74. The van der Waals surface area contributed by atoms with E-state index in [4.69, 9.17) is 5.73 Å². The SMILES string of the molecule is CNC1CCCCC1Nc1ccc(C(N)=O)c(Nc2ccc3ncccc3c2)n1. The van der Waals surface area contributed by atoms with Crippen molar-refractivity contribution in [3.05, 3.63) is 54.2 Å². The Kier molecular flexibility index (Phi) is 5.57. The Morgan fingerprint density at radius 3 is 2.72 bits per heavy atom. The Morgan fingerprint density at radius 1 is 1.10 bits per heavy atom. The van der Waals surface area contributed by atoms with Crippen molar-refractivity contribution < 1.29 is 4.79 Å². The highest BCUT2D eigenvalue weighted by Crippen LogP contribution is 2.26. The van der Waals surface area contributed by atoms with Crippen LogP contribution in [-0.4, -0.2) is 35.0 Å². The monoisotopic (exact) mass is 390 g/mol. The zero-order valence-corrected chi connectivity index (χ0v) is 16.5. The molecule has 1 aliphatic rings. The van der Waals surface area contributed by atoms with Crippen LogP contribution in [0.3, 0.4) is 0 Å². The van der Waals surface area contributed by atoms with Gasteiger partial charge in [0.05, 0.1) is 11.1 Å². The van der Waals surface area contributed by atoms with Crippen molar-refractivity contribution in [2.75, 3.05) is 17.7 Å². The van der Waals surface area contributed by atoms with Gasteiger partial charge in [0, 0.05) is 29.4 Å². The zero-order valence-electron chi connectivity index (χ0n) is 16.5. The Morgan fingerprint density at radius 2 is 1.93 bits per heavy atom. The molecule has 1 saturated carbocycles. The van der Waals surface area contributed by atoms with Crippen molar-refractivity contribution in [2.24, 2.45) is 5.73 Å². The van der Waals surface area contributed by atoms with E-state index >= 15 is 0 Å². The van der Waals surface area contributed by atoms with Crippen LogP contribution < -0.4 is 21.7 Å². The summed E-state index contributed by atoms with van der Waals surface area (Å²) in [4.78, 5) is 20.9. The van der Waals surface area contributed by atoms with Gasteiger partial charge in [0.15, 0.2) is 0 Å². The third-order valence-electron chi connectivity index (χ3n) is 5.50. The molecule has 1 amide bonds. The van der Waals surface area contributed by atoms with E-state index in [-0.39, 0.29) is 0 Å². The van der Waals surface area contributed by atoms with Gasteiger partial charge >= 0.3 is 0 Å². The summed E-state index contributed by atoms with van der Waals surface area (Å²) in [5.41, 5.74) is 7.67. The first-order valence-corrected chi connectivity index (χ1v) is 10.0. The lowest BCUT2D eigenvalue weighted by Crippen LogP contribution is -2.44. The van der Waals surface area contributed by atoms with Gasteiger partial charge < -0.3 is 21.7 Å². The summed E-state index contributed by atoms with van der Waals surface area (Å²) in [6.07, 6.45) is 6.43. The second kappa shape index (κ2) is 8.45. The molecule has 2 aromatic heterocycles. The maximum absolute atomic E-state index is 11.9. The first-order valence-electron chi connectivity index (χ1n) is 10.0. The summed E-state index contributed by atoms with van der Waals surface area (Å²) < 4.78 is 0. The summed E-state index contributed by atoms with van der Waals surface area (Å²) in [6.45, 7) is 0. The van der Waals surface area contributed by atoms with Gasteiger partial charge in [-0.2, -0.15) is 0 Å². The zero-order chi connectivity index (χ0) is 20.2. The fourth-order valence-corrected chi connectivity index (χ4v) is 3.96. The molecule has 7 heteroatoms. The van der Waals surface area contributed by atoms with E-state index in [2.05, 4.69) is 25.9 Å². The maximum atomic E-state index is 11.9. The van der Waals surface area contributed by atoms with Crippen LogP contribution in [0.15, 0.2) is 48.7 Å². The number of pyridine rings is 2. The van der Waals surface area contributed by atoms with Gasteiger partial charge in [-0.05, 0) is 56.3 Å². The number of primary amides is 1. The number of hydrogen-bond donors (Lipinski definition) is 4. The highest BCUT2D eigenvalue weighted by Gasteiger charge is 2.24. The molecule has 1 fully saturated rings. The molecule has 29 heavy (non-hydrogen) atoms. The standard InChI is InChI=1S/C22H26N6O/c1-24-18-6-2-3-7-19(18)27-20-11-9-16(21(23)29)22(28-20)26-15-8-10-17-14(13-15)5-4-12-25-17/h4-5,8-13,18-19,24H,2-3,6-7H2,1H3,(H2,23,29)(H2,26,27,28). The third-order valence-corrected chi connectivity index (χ3v) is 5.50. The quantitative estimate of drug-likeness (QED) is 0.514. The van der Waals surface area contributed by atoms with Crippen LogP contribution in [0.2, 0.25) is 0 Å². The van der Waals surface area contributed by atoms with Crippen molar-refractivity contribution in [1.29, 1.82) is 0 Å². The second-order valence-electron chi connectivity index (χ2n) is 7.42. The molecule has 0 bridgehead atoms. The van der Waals surface area contributed by atoms with Crippen LogP contribution in [-0.2, 0) is 0 Å². The van der Waals surface area contributed by atoms with Crippen molar-refractivity contribution in [2.45, 2.75) is 37.8 Å². The fourth-order valence-electron chi connectivity index (χ4n) is 3.96. The molecule has 0 radical (unpaired) electrons. The number of rotatable bonds is 6. The van der Waals surface area contributed by atoms with Crippen LogP contribution in [0.1, 0.15) is 36.0 Å². The molecule has 0 saturated heterocycles. The number of aromatic nitrogens is 2. The van der Waals surface area contributed by atoms with Crippen LogP contribution >= 0.6 is 0 Å². The van der Waals surface area contributed by atoms with Crippen molar-refractivity contribution in [3.63, 3.8) is 0 Å². The van der Waals surface area contributed by atoms with E-state index in [0.717, 1.165) is 35.2 Å². The number of fused-ring (bicyclic) bond motifs is 1. The number of likely N-dealkylation sites (N-methyl/N-ethyl adjacent to an activating group) is 1. The van der Waals surface area contributed by atoms with Gasteiger partial charge in [0.25, 0.3) is 5.91 Å². The van der Waals surface area contributed by atoms with Crippen molar-refractivity contribution in [3.8, 4) is 0 Å². The largest absolute Gasteiger partial charge is 0.366 e. The average molecular weight is 390 g/mol. The van der Waals surface area contributed by atoms with E-state index in [1.165, 1.54) is 12.8 Å². The van der Waals surface area contributed by atoms with Gasteiger partial charge in [-0.25, -0.2) is 4.98 Å². The van der Waals surface area contributed by atoms with Gasteiger partial charge in [0.2, 0.25) is 0 Å². The molecule has 1 aliphatic carbocycles. The summed E-state index contributed by atoms with van der Waals surface area (Å²) >= 11 is 0. The molecule has 150 valence electrons. The van der Waals surface area contributed by atoms with Crippen LogP contribution in [0, 0.1) is 0 Å². The maximum Gasteiger partial charge on any atom is 0.252 e. The number of amides is 1. The Labute approximate surface area is 170 Å². The molecular weight excluding hydrogens is 364 g/mol. The Hall–Kier alpha value is -3.19. The normalized spacial score (nSPS) is 19.1. The van der Waals surface area contributed by atoms with E-state index in [0.29, 0.717) is 23.5 Å². The second-order valence-corrected chi connectivity index (χ2v) is 7.42. The number of benzene rings is 1. The first kappa shape index (κ1) is 19.1. The van der Waals surface area contributed by atoms with E-state index in [1.807, 2.05) is 43.4 Å². The van der Waals surface area contributed by atoms with Crippen molar-refractivity contribution >= 4 is 34.1 Å². The topological polar surface area (TPSA) is 105 Å². The lowest BCUT2D eigenvalue weighted by Gasteiger charge is -2.32. The van der Waals surface area contributed by atoms with Crippen molar-refractivity contribution in [1.82, 2.24) is 15.3 Å². The number of nitrogens with one attached hydrogen (secondary N) is 3. The molecule has 7 nitrogen and oxygen atoms in total. The fraction of sp³-hybridized carbons (Fsp3) is 0.318. The minimum atomic E-state index is -0.514. The number of nitrogens with two attached hydrogens (primary N) is 1. The first-order chi connectivity index (χ1) is 14.1. The predicted octanol–water partition coefficient (Wildman–Crippen LogP) is 3.41. The van der Waals surface area contributed by atoms with Gasteiger partial charge in [-0.1, -0.05) is 18.9 Å². The number of carbonyl (C=O) groups is 1. The predicted molar refractivity (Wildman–Crippen MR) is 117 cm³/mol. The van der Waals surface area contributed by atoms with E-state index < -0.39 is 5.91 Å². The van der Waals surface area contributed by atoms with E-state index in [9.17, 15) is 4.79 Å². The number of anilines is 3. The minimum Gasteiger partial charge on any atom is -0.366 e. The lowest BCUT2D eigenvalue weighted by atomic mass is 9.90. The summed E-state index contributed by atoms with van der Waals surface area (Å²) in [7, 11) is 2.00. The molecule has 4 rings (SSSR count). The molecule has 1 aromatic carbocycles. The molecule has 2 atom stereocenters. The van der Waals surface area contributed by atoms with Crippen LogP contribution in [0.25, 0.3) is 10.9 Å². The molecule has 2 unspecified atom stereocenters. The minimum absolute atomic E-state index is 0.306. The molecule has 3 aromatic rings. The molecule has 2 heterocycles. The van der Waals surface area contributed by atoms with Crippen LogP contribution in [0.4, 0.5) is 17.3 Å². The van der Waals surface area contributed by atoms with E-state index in [1.54, 1.807) is 12.3 Å². The van der Waals surface area contributed by atoms with Gasteiger partial charge in [-0.3, -0.25) is 9.78 Å². The van der Waals surface area contributed by atoms with Crippen LogP contribution in [0.5, 0.6) is 0 Å². The Balaban J connectivity index is 1.61. The number of carbonyl (C=O) groups excluding carboxylic acids is 1. The molecule has 0 aliphatic heterocycles.